The van der Waals surface area contributed by atoms with Gasteiger partial charge in [-0.05, 0) is 24.3 Å². The molecule has 7 heteroatoms. The summed E-state index contributed by atoms with van der Waals surface area (Å²) in [5.74, 6) is 2.22. The molecule has 0 aromatic heterocycles. The van der Waals surface area contributed by atoms with Gasteiger partial charge in [0.1, 0.15) is 24.4 Å². The van der Waals surface area contributed by atoms with Gasteiger partial charge in [-0.1, -0.05) is 39.0 Å². The summed E-state index contributed by atoms with van der Waals surface area (Å²) in [4.78, 5) is 0. The van der Waals surface area contributed by atoms with Crippen molar-refractivity contribution in [1.82, 2.24) is 0 Å². The van der Waals surface area contributed by atoms with Gasteiger partial charge in [0.05, 0.1) is 6.61 Å². The molecule has 0 radical (unpaired) electrons. The van der Waals surface area contributed by atoms with Gasteiger partial charge in [-0.3, -0.25) is 0 Å². The second-order valence-corrected chi connectivity index (χ2v) is 7.57. The highest BCUT2D eigenvalue weighted by atomic mass is 32.2. The average Bonchev–Trinajstić information content (AvgIpc) is 2.58. The molecule has 4 N–H and O–H groups in total. The second kappa shape index (κ2) is 13.3. The van der Waals surface area contributed by atoms with Gasteiger partial charge < -0.3 is 29.9 Å². The third kappa shape index (κ3) is 8.47. The molecule has 24 heavy (non-hydrogen) atoms. The highest BCUT2D eigenvalue weighted by Gasteiger charge is 2.42. The second-order valence-electron chi connectivity index (χ2n) is 6.35. The van der Waals surface area contributed by atoms with E-state index >= 15 is 0 Å². The summed E-state index contributed by atoms with van der Waals surface area (Å²) < 4.78 is 10.5. The standard InChI is InChI=1S/C17H34O6S/c1-2-3-4-5-6-7-10-24-11-8-9-22-12-13-14(18)15(19)16(20)17(21)23-13/h13-21H,2-12H2,1H3/t13-,14+,15+,16-,17+/m1/s1. The van der Waals surface area contributed by atoms with Crippen molar-refractivity contribution in [2.45, 2.75) is 82.6 Å². The molecule has 1 fully saturated rings. The Balaban J connectivity index is 1.93. The lowest BCUT2D eigenvalue weighted by Gasteiger charge is -2.38. The summed E-state index contributed by atoms with van der Waals surface area (Å²) in [5.41, 5.74) is 0. The van der Waals surface area contributed by atoms with Crippen LogP contribution in [0, 0.1) is 0 Å². The van der Waals surface area contributed by atoms with Crippen molar-refractivity contribution < 1.29 is 29.9 Å². The summed E-state index contributed by atoms with van der Waals surface area (Å²) in [6, 6.07) is 0. The zero-order chi connectivity index (χ0) is 17.8. The Kier molecular flexibility index (Phi) is 12.3. The van der Waals surface area contributed by atoms with E-state index in [-0.39, 0.29) is 6.61 Å². The first-order valence-corrected chi connectivity index (χ1v) is 10.3. The topological polar surface area (TPSA) is 99.4 Å². The molecule has 1 aliphatic heterocycles. The number of aliphatic hydroxyl groups is 4. The number of hydrogen-bond donors (Lipinski definition) is 4. The van der Waals surface area contributed by atoms with Gasteiger partial charge >= 0.3 is 0 Å². The Morgan fingerprint density at radius 3 is 2.25 bits per heavy atom. The maximum Gasteiger partial charge on any atom is 0.184 e. The van der Waals surface area contributed by atoms with Gasteiger partial charge in [-0.2, -0.15) is 11.8 Å². The SMILES string of the molecule is CCCCCCCCSCCCOC[C@H]1O[C@H](O)[C@H](O)[C@@H](O)[C@H]1O. The van der Waals surface area contributed by atoms with E-state index in [2.05, 4.69) is 6.92 Å². The van der Waals surface area contributed by atoms with E-state index in [1.54, 1.807) is 0 Å². The van der Waals surface area contributed by atoms with Crippen LogP contribution in [0.1, 0.15) is 51.9 Å². The molecule has 0 bridgehead atoms. The lowest BCUT2D eigenvalue weighted by molar-refractivity contribution is -0.288. The summed E-state index contributed by atoms with van der Waals surface area (Å²) in [6.07, 6.45) is 2.34. The minimum Gasteiger partial charge on any atom is -0.387 e. The van der Waals surface area contributed by atoms with Crippen LogP contribution >= 0.6 is 11.8 Å². The van der Waals surface area contributed by atoms with Gasteiger partial charge in [-0.15, -0.1) is 0 Å². The third-order valence-corrected chi connectivity index (χ3v) is 5.34. The largest absolute Gasteiger partial charge is 0.387 e. The van der Waals surface area contributed by atoms with Crippen LogP contribution in [-0.4, -0.2) is 75.9 Å². The van der Waals surface area contributed by atoms with E-state index < -0.39 is 30.7 Å². The van der Waals surface area contributed by atoms with Crippen LogP contribution in [-0.2, 0) is 9.47 Å². The minimum atomic E-state index is -1.50. The number of unbranched alkanes of at least 4 members (excludes halogenated alkanes) is 5. The average molecular weight is 367 g/mol. The van der Waals surface area contributed by atoms with Crippen LogP contribution in [0.4, 0.5) is 0 Å². The quantitative estimate of drug-likeness (QED) is 0.365. The Hall–Kier alpha value is 0.110. The molecule has 1 aliphatic rings. The summed E-state index contributed by atoms with van der Waals surface area (Å²) in [5, 5.41) is 38.2. The molecule has 0 aliphatic carbocycles. The first kappa shape index (κ1) is 22.2. The van der Waals surface area contributed by atoms with Crippen molar-refractivity contribution in [3.05, 3.63) is 0 Å². The highest BCUT2D eigenvalue weighted by Crippen LogP contribution is 2.20. The number of thioether (sulfide) groups is 1. The van der Waals surface area contributed by atoms with Gasteiger partial charge in [0.2, 0.25) is 0 Å². The Bertz CT molecular complexity index is 307. The fourth-order valence-electron chi connectivity index (χ4n) is 2.62. The third-order valence-electron chi connectivity index (χ3n) is 4.19. The van der Waals surface area contributed by atoms with Crippen molar-refractivity contribution in [3.8, 4) is 0 Å². The number of aliphatic hydroxyl groups excluding tert-OH is 4. The van der Waals surface area contributed by atoms with Crippen molar-refractivity contribution >= 4 is 11.8 Å². The molecule has 0 saturated carbocycles. The van der Waals surface area contributed by atoms with Crippen LogP contribution < -0.4 is 0 Å². The van der Waals surface area contributed by atoms with Crippen molar-refractivity contribution in [3.63, 3.8) is 0 Å². The predicted molar refractivity (Wildman–Crippen MR) is 95.0 cm³/mol. The van der Waals surface area contributed by atoms with Crippen LogP contribution in [0.5, 0.6) is 0 Å². The van der Waals surface area contributed by atoms with E-state index in [1.807, 2.05) is 11.8 Å². The molecule has 0 aromatic rings. The Morgan fingerprint density at radius 2 is 1.50 bits per heavy atom. The smallest absolute Gasteiger partial charge is 0.184 e. The summed E-state index contributed by atoms with van der Waals surface area (Å²) in [6.45, 7) is 2.86. The zero-order valence-electron chi connectivity index (χ0n) is 14.7. The molecule has 5 atom stereocenters. The van der Waals surface area contributed by atoms with Crippen molar-refractivity contribution in [2.24, 2.45) is 0 Å². The molecule has 0 amide bonds. The molecule has 0 unspecified atom stereocenters. The highest BCUT2D eigenvalue weighted by molar-refractivity contribution is 7.99. The van der Waals surface area contributed by atoms with Crippen LogP contribution in [0.2, 0.25) is 0 Å². The van der Waals surface area contributed by atoms with Crippen molar-refractivity contribution in [2.75, 3.05) is 24.7 Å². The van der Waals surface area contributed by atoms with Gasteiger partial charge in [0.25, 0.3) is 0 Å². The maximum absolute atomic E-state index is 9.77. The Morgan fingerprint density at radius 1 is 0.833 bits per heavy atom. The van der Waals surface area contributed by atoms with Gasteiger partial charge in [-0.25, -0.2) is 0 Å². The van der Waals surface area contributed by atoms with E-state index in [9.17, 15) is 20.4 Å². The number of rotatable bonds is 13. The van der Waals surface area contributed by atoms with Crippen molar-refractivity contribution in [1.29, 1.82) is 0 Å². The van der Waals surface area contributed by atoms with E-state index in [4.69, 9.17) is 9.47 Å². The molecule has 1 heterocycles. The number of hydrogen-bond acceptors (Lipinski definition) is 7. The molecule has 6 nitrogen and oxygen atoms in total. The molecule has 0 aromatic carbocycles. The minimum absolute atomic E-state index is 0.0874. The normalized spacial score (nSPS) is 30.6. The van der Waals surface area contributed by atoms with Crippen LogP contribution in [0.25, 0.3) is 0 Å². The Labute approximate surface area is 149 Å². The number of ether oxygens (including phenoxy) is 2. The molecular formula is C17H34O6S. The van der Waals surface area contributed by atoms with E-state index in [0.29, 0.717) is 6.61 Å². The zero-order valence-corrected chi connectivity index (χ0v) is 15.5. The molecule has 1 saturated heterocycles. The molecule has 144 valence electrons. The predicted octanol–water partition coefficient (Wildman–Crippen LogP) is 1.29. The lowest BCUT2D eigenvalue weighted by atomic mass is 9.99. The molecule has 1 rings (SSSR count). The fourth-order valence-corrected chi connectivity index (χ4v) is 3.55. The maximum atomic E-state index is 9.77. The van der Waals surface area contributed by atoms with Gasteiger partial charge in [0, 0.05) is 6.61 Å². The first-order valence-electron chi connectivity index (χ1n) is 9.11. The first-order chi connectivity index (χ1) is 11.6. The fraction of sp³-hybridized carbons (Fsp3) is 1.00. The monoisotopic (exact) mass is 366 g/mol. The molecular weight excluding hydrogens is 332 g/mol. The summed E-state index contributed by atoms with van der Waals surface area (Å²) >= 11 is 1.93. The van der Waals surface area contributed by atoms with Crippen LogP contribution in [0.15, 0.2) is 0 Å². The summed E-state index contributed by atoms with van der Waals surface area (Å²) in [7, 11) is 0. The van der Waals surface area contributed by atoms with E-state index in [0.717, 1.165) is 12.2 Å². The lowest BCUT2D eigenvalue weighted by Crippen LogP contribution is -2.58. The van der Waals surface area contributed by atoms with Crippen LogP contribution in [0.3, 0.4) is 0 Å². The molecule has 0 spiro atoms. The van der Waals surface area contributed by atoms with E-state index in [1.165, 1.54) is 44.3 Å². The van der Waals surface area contributed by atoms with Gasteiger partial charge in [0.15, 0.2) is 6.29 Å².